The Morgan fingerprint density at radius 1 is 1.26 bits per heavy atom. The van der Waals surface area contributed by atoms with E-state index in [1.165, 1.54) is 4.68 Å². The number of hydrogen-bond donors (Lipinski definition) is 0. The molecule has 0 saturated carbocycles. The summed E-state index contributed by atoms with van der Waals surface area (Å²) in [4.78, 5) is 12.3. The predicted octanol–water partition coefficient (Wildman–Crippen LogP) is 5.66. The number of nitrogens with zero attached hydrogens (tertiary/aromatic N) is 3. The van der Waals surface area contributed by atoms with Crippen LogP contribution >= 0.6 is 39.1 Å². The third kappa shape index (κ3) is 3.86. The van der Waals surface area contributed by atoms with Gasteiger partial charge in [0.25, 0.3) is 0 Å². The Hall–Kier alpha value is -2.33. The van der Waals surface area contributed by atoms with Gasteiger partial charge in [0.2, 0.25) is 0 Å². The van der Waals surface area contributed by atoms with Crippen LogP contribution in [0.5, 0.6) is 0 Å². The van der Waals surface area contributed by atoms with Gasteiger partial charge in [-0.1, -0.05) is 51.3 Å². The smallest absolute Gasteiger partial charge is 0.360 e. The van der Waals surface area contributed by atoms with Crippen molar-refractivity contribution in [3.05, 3.63) is 68.2 Å². The Labute approximate surface area is 174 Å². The highest BCUT2D eigenvalue weighted by Gasteiger charge is 2.26. The van der Waals surface area contributed by atoms with E-state index in [-0.39, 0.29) is 17.9 Å². The standard InChI is InChI=1S/C19H12BrCl2N3O2/c1-2-27-19(26)17-14(10-23)18(11-3-5-12(20)6-4-11)25(24-17)16-8-7-13(21)9-15(16)22/h3-9H,2H2,1H3. The lowest BCUT2D eigenvalue weighted by Gasteiger charge is -2.10. The van der Waals surface area contributed by atoms with Crippen molar-refractivity contribution in [2.45, 2.75) is 6.92 Å². The fourth-order valence-corrected chi connectivity index (χ4v) is 3.32. The summed E-state index contributed by atoms with van der Waals surface area (Å²) < 4.78 is 7.40. The molecule has 0 bridgehead atoms. The Morgan fingerprint density at radius 3 is 2.56 bits per heavy atom. The summed E-state index contributed by atoms with van der Waals surface area (Å²) in [6, 6.07) is 14.3. The molecule has 0 saturated heterocycles. The molecule has 8 heteroatoms. The Kier molecular flexibility index (Phi) is 5.85. The average molecular weight is 465 g/mol. The molecule has 0 spiro atoms. The summed E-state index contributed by atoms with van der Waals surface area (Å²) in [5.41, 5.74) is 1.68. The molecule has 136 valence electrons. The lowest BCUT2D eigenvalue weighted by atomic mass is 10.1. The first-order valence-corrected chi connectivity index (χ1v) is 9.42. The van der Waals surface area contributed by atoms with Crippen molar-refractivity contribution in [3.63, 3.8) is 0 Å². The minimum absolute atomic E-state index is 0.0664. The number of aromatic nitrogens is 2. The first-order chi connectivity index (χ1) is 13.0. The molecule has 0 radical (unpaired) electrons. The molecule has 0 aliphatic carbocycles. The minimum atomic E-state index is -0.670. The van der Waals surface area contributed by atoms with Gasteiger partial charge < -0.3 is 4.74 Å². The number of rotatable bonds is 4. The third-order valence-corrected chi connectivity index (χ3v) is 4.79. The number of halogens is 3. The summed E-state index contributed by atoms with van der Waals surface area (Å²) in [6.45, 7) is 1.86. The topological polar surface area (TPSA) is 67.9 Å². The maximum absolute atomic E-state index is 12.3. The number of esters is 1. The monoisotopic (exact) mass is 463 g/mol. The van der Waals surface area contributed by atoms with Gasteiger partial charge in [0.05, 0.1) is 23.0 Å². The van der Waals surface area contributed by atoms with Crippen LogP contribution in [0, 0.1) is 11.3 Å². The Balaban J connectivity index is 2.32. The van der Waals surface area contributed by atoms with E-state index >= 15 is 0 Å². The fourth-order valence-electron chi connectivity index (χ4n) is 2.57. The lowest BCUT2D eigenvalue weighted by molar-refractivity contribution is 0.0518. The van der Waals surface area contributed by atoms with Crippen molar-refractivity contribution in [2.75, 3.05) is 6.61 Å². The Morgan fingerprint density at radius 2 is 1.96 bits per heavy atom. The molecular formula is C19H12BrCl2N3O2. The highest BCUT2D eigenvalue weighted by molar-refractivity contribution is 9.10. The molecule has 0 amide bonds. The molecule has 27 heavy (non-hydrogen) atoms. The maximum Gasteiger partial charge on any atom is 0.360 e. The zero-order valence-corrected chi connectivity index (χ0v) is 17.1. The van der Waals surface area contributed by atoms with Crippen LogP contribution in [0.2, 0.25) is 10.0 Å². The van der Waals surface area contributed by atoms with Gasteiger partial charge in [0.15, 0.2) is 5.69 Å². The molecule has 2 aromatic carbocycles. The molecule has 0 fully saturated rings. The summed E-state index contributed by atoms with van der Waals surface area (Å²) in [7, 11) is 0. The van der Waals surface area contributed by atoms with Crippen molar-refractivity contribution >= 4 is 45.1 Å². The molecule has 0 aliphatic rings. The minimum Gasteiger partial charge on any atom is -0.461 e. The Bertz CT molecular complexity index is 1060. The first-order valence-electron chi connectivity index (χ1n) is 7.87. The van der Waals surface area contributed by atoms with Crippen LogP contribution in [-0.2, 0) is 4.74 Å². The van der Waals surface area contributed by atoms with Crippen LogP contribution in [0.1, 0.15) is 23.0 Å². The summed E-state index contributed by atoms with van der Waals surface area (Å²) in [5.74, 6) is -0.670. The number of benzene rings is 2. The van der Waals surface area contributed by atoms with Crippen molar-refractivity contribution in [1.29, 1.82) is 5.26 Å². The number of hydrogen-bond acceptors (Lipinski definition) is 4. The molecule has 1 heterocycles. The van der Waals surface area contributed by atoms with E-state index in [4.69, 9.17) is 27.9 Å². The van der Waals surface area contributed by atoms with Crippen LogP contribution in [-0.4, -0.2) is 22.4 Å². The average Bonchev–Trinajstić information content (AvgIpc) is 3.02. The molecule has 3 rings (SSSR count). The second kappa shape index (κ2) is 8.13. The normalized spacial score (nSPS) is 10.5. The van der Waals surface area contributed by atoms with Crippen LogP contribution in [0.25, 0.3) is 16.9 Å². The van der Waals surface area contributed by atoms with Gasteiger partial charge >= 0.3 is 5.97 Å². The van der Waals surface area contributed by atoms with Gasteiger partial charge in [-0.25, -0.2) is 9.48 Å². The van der Waals surface area contributed by atoms with E-state index in [1.54, 1.807) is 25.1 Å². The second-order valence-electron chi connectivity index (χ2n) is 5.42. The van der Waals surface area contributed by atoms with Crippen LogP contribution in [0.4, 0.5) is 0 Å². The molecule has 1 aromatic heterocycles. The van der Waals surface area contributed by atoms with Gasteiger partial charge in [0.1, 0.15) is 11.6 Å². The van der Waals surface area contributed by atoms with E-state index < -0.39 is 5.97 Å². The van der Waals surface area contributed by atoms with E-state index in [2.05, 4.69) is 27.1 Å². The molecular weight excluding hydrogens is 453 g/mol. The van der Waals surface area contributed by atoms with Gasteiger partial charge in [0, 0.05) is 15.1 Å². The highest BCUT2D eigenvalue weighted by atomic mass is 79.9. The van der Waals surface area contributed by atoms with Gasteiger partial charge in [-0.2, -0.15) is 10.4 Å². The zero-order chi connectivity index (χ0) is 19.6. The lowest BCUT2D eigenvalue weighted by Crippen LogP contribution is -2.08. The predicted molar refractivity (Wildman–Crippen MR) is 107 cm³/mol. The van der Waals surface area contributed by atoms with Gasteiger partial charge in [-0.3, -0.25) is 0 Å². The fraction of sp³-hybridized carbons (Fsp3) is 0.105. The van der Waals surface area contributed by atoms with E-state index in [0.717, 1.165) is 4.47 Å². The van der Waals surface area contributed by atoms with Crippen LogP contribution < -0.4 is 0 Å². The van der Waals surface area contributed by atoms with Gasteiger partial charge in [-0.05, 0) is 37.3 Å². The van der Waals surface area contributed by atoms with Gasteiger partial charge in [-0.15, -0.1) is 0 Å². The first kappa shape index (κ1) is 19.4. The zero-order valence-electron chi connectivity index (χ0n) is 14.0. The molecule has 0 atom stereocenters. The van der Waals surface area contributed by atoms with Crippen molar-refractivity contribution in [3.8, 4) is 23.0 Å². The number of carbonyl (C=O) groups is 1. The maximum atomic E-state index is 12.3. The molecule has 3 aromatic rings. The number of carbonyl (C=O) groups excluding carboxylic acids is 1. The van der Waals surface area contributed by atoms with Crippen molar-refractivity contribution in [1.82, 2.24) is 9.78 Å². The van der Waals surface area contributed by atoms with E-state index in [0.29, 0.717) is 27.0 Å². The third-order valence-electron chi connectivity index (χ3n) is 3.72. The molecule has 5 nitrogen and oxygen atoms in total. The molecule has 0 N–H and O–H groups in total. The summed E-state index contributed by atoms with van der Waals surface area (Å²) >= 11 is 15.7. The van der Waals surface area contributed by atoms with Crippen molar-refractivity contribution in [2.24, 2.45) is 0 Å². The van der Waals surface area contributed by atoms with Crippen LogP contribution in [0.3, 0.4) is 0 Å². The number of ether oxygens (including phenoxy) is 1. The summed E-state index contributed by atoms with van der Waals surface area (Å²) in [6.07, 6.45) is 0. The van der Waals surface area contributed by atoms with Crippen molar-refractivity contribution < 1.29 is 9.53 Å². The molecule has 0 unspecified atom stereocenters. The van der Waals surface area contributed by atoms with E-state index in [9.17, 15) is 10.1 Å². The largest absolute Gasteiger partial charge is 0.461 e. The number of nitriles is 1. The molecule has 0 aliphatic heterocycles. The highest BCUT2D eigenvalue weighted by Crippen LogP contribution is 2.33. The quantitative estimate of drug-likeness (QED) is 0.467. The SMILES string of the molecule is CCOC(=O)c1nn(-c2ccc(Cl)cc2Cl)c(-c2ccc(Br)cc2)c1C#N. The van der Waals surface area contributed by atoms with Crippen LogP contribution in [0.15, 0.2) is 46.9 Å². The second-order valence-corrected chi connectivity index (χ2v) is 7.18. The van der Waals surface area contributed by atoms with E-state index in [1.807, 2.05) is 24.3 Å². The summed E-state index contributed by atoms with van der Waals surface area (Å²) in [5, 5.41) is 14.9.